The molecule has 2 aromatic rings. The number of hydrogen-bond donors (Lipinski definition) is 0. The van der Waals surface area contributed by atoms with E-state index in [2.05, 4.69) is 4.90 Å². The zero-order valence-electron chi connectivity index (χ0n) is 22.4. The highest BCUT2D eigenvalue weighted by atomic mass is 32.2. The second kappa shape index (κ2) is 9.09. The molecule has 2 aromatic carbocycles. The summed E-state index contributed by atoms with van der Waals surface area (Å²) in [5.74, 6) is 3.13. The van der Waals surface area contributed by atoms with Gasteiger partial charge in [0.15, 0.2) is 5.78 Å². The van der Waals surface area contributed by atoms with E-state index >= 15 is 0 Å². The Morgan fingerprint density at radius 3 is 2.03 bits per heavy atom. The number of carbonyl (C=O) groups is 1. The van der Waals surface area contributed by atoms with Crippen molar-refractivity contribution < 1.29 is 13.2 Å². The lowest BCUT2D eigenvalue weighted by Crippen LogP contribution is -2.53. The van der Waals surface area contributed by atoms with Gasteiger partial charge < -0.3 is 4.90 Å². The quantitative estimate of drug-likeness (QED) is 0.511. The van der Waals surface area contributed by atoms with E-state index < -0.39 is 10.0 Å². The monoisotopic (exact) mass is 533 g/mol. The number of anilines is 3. The molecule has 0 spiro atoms. The van der Waals surface area contributed by atoms with Gasteiger partial charge in [-0.2, -0.15) is 0 Å². The molecule has 1 saturated heterocycles. The maximum absolute atomic E-state index is 14.0. The summed E-state index contributed by atoms with van der Waals surface area (Å²) in [4.78, 5) is 18.3. The van der Waals surface area contributed by atoms with Crippen molar-refractivity contribution in [1.82, 2.24) is 4.90 Å². The number of likely N-dealkylation sites (tertiary alicyclic amines) is 1. The number of Topliss-reactive ketones (excluding diaryl/α,β-unsaturated/α-hetero) is 1. The van der Waals surface area contributed by atoms with Crippen molar-refractivity contribution in [3.05, 3.63) is 48.5 Å². The molecule has 8 rings (SSSR count). The molecule has 6 nitrogen and oxygen atoms in total. The lowest BCUT2D eigenvalue weighted by Gasteiger charge is -2.56. The fraction of sp³-hybridized carbons (Fsp3) is 0.581. The first-order valence-electron chi connectivity index (χ1n) is 14.5. The van der Waals surface area contributed by atoms with Gasteiger partial charge in [-0.1, -0.05) is 24.3 Å². The molecular formula is C31H39N3O3S. The van der Waals surface area contributed by atoms with Crippen LogP contribution in [0.5, 0.6) is 0 Å². The van der Waals surface area contributed by atoms with E-state index in [0.29, 0.717) is 29.5 Å². The second-order valence-electron chi connectivity index (χ2n) is 12.9. The number of sulfonamides is 1. The molecule has 2 heterocycles. The summed E-state index contributed by atoms with van der Waals surface area (Å²) in [5, 5.41) is 0. The van der Waals surface area contributed by atoms with Crippen LogP contribution in [-0.4, -0.2) is 52.3 Å². The maximum atomic E-state index is 14.0. The van der Waals surface area contributed by atoms with E-state index in [0.717, 1.165) is 74.3 Å². The molecule has 0 unspecified atom stereocenters. The number of benzene rings is 2. The first kappa shape index (κ1) is 24.6. The minimum absolute atomic E-state index is 0.0329. The SMILES string of the molecule is CN1c2ccccc2N(CC2CCN(CC(=O)C34CC5CC(CC(C5)C3)C4)CC2)S(=O)(=O)c2ccccc21. The van der Waals surface area contributed by atoms with Gasteiger partial charge in [-0.3, -0.25) is 14.0 Å². The van der Waals surface area contributed by atoms with Crippen molar-refractivity contribution in [3.8, 4) is 0 Å². The molecule has 7 heteroatoms. The van der Waals surface area contributed by atoms with Crippen LogP contribution in [0.4, 0.5) is 17.1 Å². The smallest absolute Gasteiger partial charge is 0.266 e. The average Bonchev–Trinajstić information content (AvgIpc) is 2.97. The van der Waals surface area contributed by atoms with Gasteiger partial charge >= 0.3 is 0 Å². The Labute approximate surface area is 227 Å². The summed E-state index contributed by atoms with van der Waals surface area (Å²) in [5.41, 5.74) is 2.32. The summed E-state index contributed by atoms with van der Waals surface area (Å²) >= 11 is 0. The molecule has 0 radical (unpaired) electrons. The van der Waals surface area contributed by atoms with Crippen LogP contribution in [-0.2, 0) is 14.8 Å². The molecule has 0 atom stereocenters. The minimum Gasteiger partial charge on any atom is -0.342 e. The Morgan fingerprint density at radius 2 is 1.39 bits per heavy atom. The highest BCUT2D eigenvalue weighted by Crippen LogP contribution is 2.60. The van der Waals surface area contributed by atoms with Crippen LogP contribution in [0.15, 0.2) is 53.4 Å². The van der Waals surface area contributed by atoms with E-state index in [1.54, 1.807) is 16.4 Å². The molecular weight excluding hydrogens is 494 g/mol. The van der Waals surface area contributed by atoms with Crippen LogP contribution in [0.2, 0.25) is 0 Å². The number of rotatable bonds is 5. The summed E-state index contributed by atoms with van der Waals surface area (Å²) in [7, 11) is -1.76. The van der Waals surface area contributed by atoms with Crippen LogP contribution < -0.4 is 9.21 Å². The topological polar surface area (TPSA) is 60.9 Å². The van der Waals surface area contributed by atoms with Crippen molar-refractivity contribution in [3.63, 3.8) is 0 Å². The van der Waals surface area contributed by atoms with Crippen molar-refractivity contribution in [2.45, 2.75) is 56.3 Å². The number of para-hydroxylation sites is 3. The molecule has 4 saturated carbocycles. The van der Waals surface area contributed by atoms with Crippen LogP contribution in [0.25, 0.3) is 0 Å². The Kier molecular flexibility index (Phi) is 5.89. The zero-order valence-corrected chi connectivity index (χ0v) is 23.2. The highest BCUT2D eigenvalue weighted by molar-refractivity contribution is 7.93. The van der Waals surface area contributed by atoms with Gasteiger partial charge in [0, 0.05) is 19.0 Å². The molecule has 4 bridgehead atoms. The average molecular weight is 534 g/mol. The van der Waals surface area contributed by atoms with Crippen LogP contribution in [0.1, 0.15) is 51.4 Å². The molecule has 38 heavy (non-hydrogen) atoms. The van der Waals surface area contributed by atoms with Gasteiger partial charge in [-0.05, 0) is 112 Å². The van der Waals surface area contributed by atoms with Crippen molar-refractivity contribution >= 4 is 32.9 Å². The summed E-state index contributed by atoms with van der Waals surface area (Å²) in [6.07, 6.45) is 9.32. The van der Waals surface area contributed by atoms with E-state index in [4.69, 9.17) is 0 Å². The Bertz CT molecular complexity index is 1310. The van der Waals surface area contributed by atoms with Crippen molar-refractivity contribution in [1.29, 1.82) is 0 Å². The predicted octanol–water partition coefficient (Wildman–Crippen LogP) is 5.46. The minimum atomic E-state index is -3.70. The standard InChI is InChI=1S/C31H39N3O3S/c1-32-26-6-2-3-7-27(26)34(38(36,37)29-9-5-4-8-28(29)32)20-22-10-12-33(13-11-22)21-30(35)31-17-23-14-24(18-31)16-25(15-23)19-31/h2-9,22-25H,10-21H2,1H3. The lowest BCUT2D eigenvalue weighted by molar-refractivity contribution is -0.145. The molecule has 202 valence electrons. The number of piperidine rings is 1. The van der Waals surface area contributed by atoms with Crippen molar-refractivity contribution in [2.75, 3.05) is 42.4 Å². The van der Waals surface area contributed by atoms with E-state index in [-0.39, 0.29) is 11.3 Å². The van der Waals surface area contributed by atoms with Crippen LogP contribution >= 0.6 is 0 Å². The molecule has 0 N–H and O–H groups in total. The number of nitrogens with zero attached hydrogens (tertiary/aromatic N) is 3. The molecule has 5 fully saturated rings. The van der Waals surface area contributed by atoms with E-state index in [9.17, 15) is 13.2 Å². The van der Waals surface area contributed by atoms with Gasteiger partial charge in [0.2, 0.25) is 0 Å². The van der Waals surface area contributed by atoms with Gasteiger partial charge in [0.1, 0.15) is 4.90 Å². The predicted molar refractivity (Wildman–Crippen MR) is 150 cm³/mol. The number of hydrogen-bond acceptors (Lipinski definition) is 5. The van der Waals surface area contributed by atoms with Gasteiger partial charge in [0.05, 0.1) is 23.6 Å². The molecule has 6 aliphatic rings. The number of carbonyl (C=O) groups excluding carboxylic acids is 1. The first-order chi connectivity index (χ1) is 18.3. The Hall–Kier alpha value is -2.38. The van der Waals surface area contributed by atoms with E-state index in [1.807, 2.05) is 48.3 Å². The highest BCUT2D eigenvalue weighted by Gasteiger charge is 2.54. The zero-order chi connectivity index (χ0) is 26.1. The Morgan fingerprint density at radius 1 is 0.842 bits per heavy atom. The van der Waals surface area contributed by atoms with Gasteiger partial charge in [-0.25, -0.2) is 8.42 Å². The summed E-state index contributed by atoms with van der Waals surface area (Å²) in [6, 6.07) is 15.1. The number of fused-ring (bicyclic) bond motifs is 2. The third-order valence-corrected chi connectivity index (χ3v) is 12.3. The third-order valence-electron chi connectivity index (χ3n) is 10.4. The second-order valence-corrected chi connectivity index (χ2v) is 14.7. The van der Waals surface area contributed by atoms with E-state index in [1.165, 1.54) is 19.3 Å². The normalized spacial score (nSPS) is 32.1. The molecule has 0 aromatic heterocycles. The number of ketones is 1. The Balaban J connectivity index is 1.06. The van der Waals surface area contributed by atoms with Crippen LogP contribution in [0, 0.1) is 29.1 Å². The van der Waals surface area contributed by atoms with Gasteiger partial charge in [-0.15, -0.1) is 0 Å². The maximum Gasteiger partial charge on any atom is 0.266 e. The lowest BCUT2D eigenvalue weighted by atomic mass is 9.48. The molecule has 0 amide bonds. The fourth-order valence-electron chi connectivity index (χ4n) is 8.87. The first-order valence-corrected chi connectivity index (χ1v) is 16.0. The largest absolute Gasteiger partial charge is 0.342 e. The molecule has 4 aliphatic carbocycles. The molecule has 2 aliphatic heterocycles. The van der Waals surface area contributed by atoms with Gasteiger partial charge in [0.25, 0.3) is 10.0 Å². The summed E-state index contributed by atoms with van der Waals surface area (Å²) in [6.45, 7) is 2.80. The third kappa shape index (κ3) is 4.00. The van der Waals surface area contributed by atoms with Crippen LogP contribution in [0.3, 0.4) is 0 Å². The fourth-order valence-corrected chi connectivity index (χ4v) is 10.6. The summed E-state index contributed by atoms with van der Waals surface area (Å²) < 4.78 is 29.6. The van der Waals surface area contributed by atoms with Crippen molar-refractivity contribution in [2.24, 2.45) is 29.1 Å².